The molecule has 2 aromatic carbocycles. The van der Waals surface area contributed by atoms with Crippen LogP contribution in [0.25, 0.3) is 10.9 Å². The van der Waals surface area contributed by atoms with E-state index in [0.717, 1.165) is 24.0 Å². The number of nitro groups is 1. The predicted octanol–water partition coefficient (Wildman–Crippen LogP) is 4.08. The number of benzene rings is 2. The molecule has 0 spiro atoms. The van der Waals surface area contributed by atoms with Gasteiger partial charge in [-0.05, 0) is 57.1 Å². The maximum absolute atomic E-state index is 12.8. The highest BCUT2D eigenvalue weighted by molar-refractivity contribution is 6.07. The Balaban J connectivity index is 1.63. The summed E-state index contributed by atoms with van der Waals surface area (Å²) in [5, 5.41) is 14.7. The molecular formula is C22H23N5O3. The molecule has 0 radical (unpaired) electrons. The lowest BCUT2D eigenvalue weighted by atomic mass is 10.1. The molecule has 1 aromatic heterocycles. The molecule has 1 amide bonds. The van der Waals surface area contributed by atoms with Crippen LogP contribution in [-0.4, -0.2) is 38.8 Å². The fraction of sp³-hybridized carbons (Fsp3) is 0.318. The Labute approximate surface area is 174 Å². The van der Waals surface area contributed by atoms with Gasteiger partial charge < -0.3 is 5.32 Å². The molecule has 1 fully saturated rings. The molecule has 0 aliphatic carbocycles. The van der Waals surface area contributed by atoms with Crippen molar-refractivity contribution >= 4 is 28.3 Å². The first-order chi connectivity index (χ1) is 14.5. The summed E-state index contributed by atoms with van der Waals surface area (Å²) in [5.74, 6) is 0.764. The molecule has 0 saturated carbocycles. The molecule has 1 aliphatic rings. The van der Waals surface area contributed by atoms with Gasteiger partial charge in [0.05, 0.1) is 17.0 Å². The smallest absolute Gasteiger partial charge is 0.272 e. The molecule has 0 bridgehead atoms. The molecule has 1 aliphatic heterocycles. The molecule has 1 N–H and O–H groups in total. The van der Waals surface area contributed by atoms with Crippen molar-refractivity contribution in [2.45, 2.75) is 32.7 Å². The van der Waals surface area contributed by atoms with E-state index < -0.39 is 4.92 Å². The number of aromatic nitrogens is 2. The number of nitrogens with zero attached hydrogens (tertiary/aromatic N) is 4. The average Bonchev–Trinajstić information content (AvgIpc) is 2.74. The van der Waals surface area contributed by atoms with Crippen molar-refractivity contribution in [2.24, 2.45) is 0 Å². The van der Waals surface area contributed by atoms with E-state index in [9.17, 15) is 14.9 Å². The number of hydrogen-bond donors (Lipinski definition) is 1. The van der Waals surface area contributed by atoms with Crippen molar-refractivity contribution in [3.8, 4) is 0 Å². The summed E-state index contributed by atoms with van der Waals surface area (Å²) in [6, 6.07) is 11.9. The quantitative estimate of drug-likeness (QED) is 0.507. The van der Waals surface area contributed by atoms with E-state index >= 15 is 0 Å². The zero-order chi connectivity index (χ0) is 21.1. The van der Waals surface area contributed by atoms with Gasteiger partial charge in [-0.2, -0.15) is 0 Å². The van der Waals surface area contributed by atoms with E-state index in [4.69, 9.17) is 0 Å². The van der Waals surface area contributed by atoms with Gasteiger partial charge in [0.15, 0.2) is 0 Å². The van der Waals surface area contributed by atoms with Gasteiger partial charge in [0.25, 0.3) is 11.6 Å². The maximum Gasteiger partial charge on any atom is 0.272 e. The number of carbonyl (C=O) groups excluding carboxylic acids is 1. The van der Waals surface area contributed by atoms with E-state index in [0.29, 0.717) is 29.3 Å². The number of para-hydroxylation sites is 1. The number of rotatable bonds is 5. The van der Waals surface area contributed by atoms with Crippen molar-refractivity contribution in [1.29, 1.82) is 0 Å². The van der Waals surface area contributed by atoms with Gasteiger partial charge in [-0.3, -0.25) is 19.8 Å². The van der Waals surface area contributed by atoms with E-state index in [2.05, 4.69) is 20.2 Å². The van der Waals surface area contributed by atoms with E-state index in [1.807, 2.05) is 24.3 Å². The molecule has 3 aromatic rings. The van der Waals surface area contributed by atoms with Gasteiger partial charge in [0.1, 0.15) is 11.6 Å². The lowest BCUT2D eigenvalue weighted by molar-refractivity contribution is -0.385. The normalized spacial score (nSPS) is 14.6. The maximum atomic E-state index is 12.8. The van der Waals surface area contributed by atoms with E-state index in [1.165, 1.54) is 37.5 Å². The minimum absolute atomic E-state index is 0.0112. The van der Waals surface area contributed by atoms with Gasteiger partial charge in [0, 0.05) is 22.6 Å². The largest absolute Gasteiger partial charge is 0.306 e. The second kappa shape index (κ2) is 8.54. The van der Waals surface area contributed by atoms with Crippen LogP contribution in [0, 0.1) is 17.0 Å². The lowest BCUT2D eigenvalue weighted by Gasteiger charge is -2.25. The van der Waals surface area contributed by atoms with Crippen LogP contribution < -0.4 is 5.32 Å². The molecule has 154 valence electrons. The zero-order valence-corrected chi connectivity index (χ0v) is 16.8. The third-order valence-electron chi connectivity index (χ3n) is 5.35. The molecule has 0 atom stereocenters. The van der Waals surface area contributed by atoms with E-state index in [1.54, 1.807) is 6.92 Å². The van der Waals surface area contributed by atoms with Crippen molar-refractivity contribution in [3.63, 3.8) is 0 Å². The molecule has 30 heavy (non-hydrogen) atoms. The molecule has 8 nitrogen and oxygen atoms in total. The van der Waals surface area contributed by atoms with Crippen molar-refractivity contribution < 1.29 is 9.72 Å². The number of piperidine rings is 1. The second-order valence-corrected chi connectivity index (χ2v) is 7.55. The number of carbonyl (C=O) groups is 1. The van der Waals surface area contributed by atoms with Gasteiger partial charge in [-0.1, -0.05) is 18.6 Å². The van der Waals surface area contributed by atoms with Crippen molar-refractivity contribution in [2.75, 3.05) is 18.4 Å². The Kier molecular flexibility index (Phi) is 5.67. The second-order valence-electron chi connectivity index (χ2n) is 7.55. The molecule has 8 heteroatoms. The standard InChI is InChI=1S/C22H23N5O3/c1-15-13-16(9-10-19(15)27(29)30)22(28)25-21-17-7-3-4-8-18(17)23-20(24-21)14-26-11-5-2-6-12-26/h3-4,7-10,13H,2,5-6,11-12,14H2,1H3,(H,23,24,25,28). The summed E-state index contributed by atoms with van der Waals surface area (Å²) in [5.41, 5.74) is 1.54. The number of nitro benzene ring substituents is 1. The highest BCUT2D eigenvalue weighted by atomic mass is 16.6. The van der Waals surface area contributed by atoms with E-state index in [-0.39, 0.29) is 11.6 Å². The van der Waals surface area contributed by atoms with Crippen LogP contribution >= 0.6 is 0 Å². The number of hydrogen-bond acceptors (Lipinski definition) is 6. The summed E-state index contributed by atoms with van der Waals surface area (Å²) in [6.07, 6.45) is 3.61. The first-order valence-electron chi connectivity index (χ1n) is 10.1. The number of aryl methyl sites for hydroxylation is 1. The van der Waals surface area contributed by atoms with Crippen LogP contribution in [0.2, 0.25) is 0 Å². The Morgan fingerprint density at radius 2 is 1.90 bits per heavy atom. The number of amides is 1. The molecule has 1 saturated heterocycles. The summed E-state index contributed by atoms with van der Waals surface area (Å²) in [6.45, 7) is 4.32. The average molecular weight is 405 g/mol. The topological polar surface area (TPSA) is 101 Å². The summed E-state index contributed by atoms with van der Waals surface area (Å²) >= 11 is 0. The highest BCUT2D eigenvalue weighted by Crippen LogP contribution is 2.23. The minimum atomic E-state index is -0.457. The number of fused-ring (bicyclic) bond motifs is 1. The number of likely N-dealkylation sites (tertiary alicyclic amines) is 1. The first-order valence-corrected chi connectivity index (χ1v) is 10.1. The fourth-order valence-corrected chi connectivity index (χ4v) is 3.79. The third kappa shape index (κ3) is 4.28. The fourth-order valence-electron chi connectivity index (χ4n) is 3.79. The van der Waals surface area contributed by atoms with Crippen molar-refractivity contribution in [1.82, 2.24) is 14.9 Å². The Morgan fingerprint density at radius 3 is 2.63 bits per heavy atom. The Bertz CT molecular complexity index is 1110. The summed E-state index contributed by atoms with van der Waals surface area (Å²) < 4.78 is 0. The summed E-state index contributed by atoms with van der Waals surface area (Å²) in [7, 11) is 0. The van der Waals surface area contributed by atoms with Gasteiger partial charge >= 0.3 is 0 Å². The Morgan fingerprint density at radius 1 is 1.13 bits per heavy atom. The summed E-state index contributed by atoms with van der Waals surface area (Å²) in [4.78, 5) is 35.1. The van der Waals surface area contributed by atoms with Crippen LogP contribution in [0.5, 0.6) is 0 Å². The van der Waals surface area contributed by atoms with Gasteiger partial charge in [-0.15, -0.1) is 0 Å². The molecular weight excluding hydrogens is 382 g/mol. The molecule has 0 unspecified atom stereocenters. The highest BCUT2D eigenvalue weighted by Gasteiger charge is 2.17. The monoisotopic (exact) mass is 405 g/mol. The third-order valence-corrected chi connectivity index (χ3v) is 5.35. The van der Waals surface area contributed by atoms with Gasteiger partial charge in [-0.25, -0.2) is 9.97 Å². The Hall–Kier alpha value is -3.39. The van der Waals surface area contributed by atoms with Crippen LogP contribution in [0.4, 0.5) is 11.5 Å². The SMILES string of the molecule is Cc1cc(C(=O)Nc2nc(CN3CCCCC3)nc3ccccc23)ccc1[N+](=O)[O-]. The van der Waals surface area contributed by atoms with Crippen LogP contribution in [0.3, 0.4) is 0 Å². The predicted molar refractivity (Wildman–Crippen MR) is 114 cm³/mol. The number of nitrogens with one attached hydrogen (secondary N) is 1. The van der Waals surface area contributed by atoms with Crippen LogP contribution in [-0.2, 0) is 6.54 Å². The zero-order valence-electron chi connectivity index (χ0n) is 16.8. The van der Waals surface area contributed by atoms with Crippen LogP contribution in [0.15, 0.2) is 42.5 Å². The molecule has 4 rings (SSSR count). The van der Waals surface area contributed by atoms with Crippen LogP contribution in [0.1, 0.15) is 41.0 Å². The van der Waals surface area contributed by atoms with Crippen molar-refractivity contribution in [3.05, 3.63) is 69.5 Å². The minimum Gasteiger partial charge on any atom is -0.306 e. The molecule has 2 heterocycles. The van der Waals surface area contributed by atoms with Gasteiger partial charge in [0.2, 0.25) is 0 Å². The first kappa shape index (κ1) is 19.9. The number of anilines is 1. The lowest BCUT2D eigenvalue weighted by Crippen LogP contribution is -2.30.